The summed E-state index contributed by atoms with van der Waals surface area (Å²) in [4.78, 5) is 25.8. The molecular weight excluding hydrogens is 550 g/mol. The standard InChI is InChI=1S/C28H21Cl2FN2O4S/c1-16-14-21(15-17(2)26(16)38(36)22-12-6-18(29)7-13-22)37-20-10-8-19(9-11-20)32-28(35)33-27(34)25-23(30)4-3-5-24(25)31/h3-15H,1-2H3,(H2,32,33,34,35). The molecule has 0 aromatic heterocycles. The van der Waals surface area contributed by atoms with E-state index in [1.807, 2.05) is 19.2 Å². The van der Waals surface area contributed by atoms with E-state index in [9.17, 15) is 18.2 Å². The topological polar surface area (TPSA) is 84.5 Å². The highest BCUT2D eigenvalue weighted by molar-refractivity contribution is 7.85. The number of rotatable bonds is 6. The Kier molecular flexibility index (Phi) is 8.46. The van der Waals surface area contributed by atoms with E-state index in [4.69, 9.17) is 27.9 Å². The lowest BCUT2D eigenvalue weighted by atomic mass is 10.1. The minimum Gasteiger partial charge on any atom is -0.457 e. The van der Waals surface area contributed by atoms with E-state index in [1.54, 1.807) is 60.7 Å². The van der Waals surface area contributed by atoms with Gasteiger partial charge in [0.05, 0.1) is 21.4 Å². The number of carbonyl (C=O) groups excluding carboxylic acids is 2. The van der Waals surface area contributed by atoms with Crippen molar-refractivity contribution >= 4 is 51.6 Å². The smallest absolute Gasteiger partial charge is 0.326 e. The highest BCUT2D eigenvalue weighted by Crippen LogP contribution is 2.31. The van der Waals surface area contributed by atoms with E-state index in [0.29, 0.717) is 32.0 Å². The molecule has 4 aromatic rings. The summed E-state index contributed by atoms with van der Waals surface area (Å²) < 4.78 is 33.0. The number of benzene rings is 4. The van der Waals surface area contributed by atoms with Crippen molar-refractivity contribution in [2.45, 2.75) is 23.6 Å². The van der Waals surface area contributed by atoms with Gasteiger partial charge in [0.1, 0.15) is 17.3 Å². The number of urea groups is 1. The lowest BCUT2D eigenvalue weighted by Gasteiger charge is -2.14. The van der Waals surface area contributed by atoms with Crippen LogP contribution >= 0.6 is 23.2 Å². The van der Waals surface area contributed by atoms with E-state index in [-0.39, 0.29) is 5.02 Å². The highest BCUT2D eigenvalue weighted by Gasteiger charge is 2.18. The fourth-order valence-electron chi connectivity index (χ4n) is 3.72. The molecule has 0 aliphatic carbocycles. The Balaban J connectivity index is 1.41. The Morgan fingerprint density at radius 1 is 0.868 bits per heavy atom. The highest BCUT2D eigenvalue weighted by atomic mass is 35.5. The number of nitrogens with one attached hydrogen (secondary N) is 2. The number of ether oxygens (including phenoxy) is 1. The quantitative estimate of drug-likeness (QED) is 0.249. The summed E-state index contributed by atoms with van der Waals surface area (Å²) in [5, 5.41) is 5.01. The Morgan fingerprint density at radius 3 is 2.11 bits per heavy atom. The van der Waals surface area contributed by atoms with Crippen LogP contribution in [-0.2, 0) is 10.8 Å². The van der Waals surface area contributed by atoms with Crippen LogP contribution in [0.5, 0.6) is 11.5 Å². The van der Waals surface area contributed by atoms with E-state index in [2.05, 4.69) is 5.32 Å². The van der Waals surface area contributed by atoms with Crippen LogP contribution in [0, 0.1) is 19.7 Å². The molecule has 0 spiro atoms. The zero-order chi connectivity index (χ0) is 27.4. The molecule has 4 aromatic carbocycles. The summed E-state index contributed by atoms with van der Waals surface area (Å²) in [6, 6.07) is 19.9. The van der Waals surface area contributed by atoms with Crippen LogP contribution in [-0.4, -0.2) is 16.1 Å². The maximum atomic E-state index is 13.9. The summed E-state index contributed by atoms with van der Waals surface area (Å²) in [5.74, 6) is -0.742. The Morgan fingerprint density at radius 2 is 1.50 bits per heavy atom. The number of carbonyl (C=O) groups is 2. The van der Waals surface area contributed by atoms with Gasteiger partial charge in [0.25, 0.3) is 5.91 Å². The van der Waals surface area contributed by atoms with Crippen LogP contribution in [0.25, 0.3) is 0 Å². The molecule has 4 rings (SSSR count). The van der Waals surface area contributed by atoms with Gasteiger partial charge in [0, 0.05) is 20.5 Å². The molecule has 0 saturated heterocycles. The zero-order valence-corrected chi connectivity index (χ0v) is 22.5. The van der Waals surface area contributed by atoms with Crippen LogP contribution in [0.2, 0.25) is 10.0 Å². The van der Waals surface area contributed by atoms with Gasteiger partial charge in [-0.15, -0.1) is 0 Å². The number of imide groups is 1. The molecule has 0 heterocycles. The zero-order valence-electron chi connectivity index (χ0n) is 20.2. The monoisotopic (exact) mass is 570 g/mol. The molecule has 0 aliphatic rings. The number of hydrogen-bond acceptors (Lipinski definition) is 4. The lowest BCUT2D eigenvalue weighted by molar-refractivity contribution is 0.0963. The van der Waals surface area contributed by atoms with Crippen molar-refractivity contribution in [3.05, 3.63) is 111 Å². The van der Waals surface area contributed by atoms with Crippen molar-refractivity contribution in [1.82, 2.24) is 5.32 Å². The third-order valence-electron chi connectivity index (χ3n) is 5.41. The van der Waals surface area contributed by atoms with Gasteiger partial charge < -0.3 is 10.1 Å². The largest absolute Gasteiger partial charge is 0.457 e. The molecule has 1 atom stereocenters. The van der Waals surface area contributed by atoms with Crippen molar-refractivity contribution in [3.63, 3.8) is 0 Å². The minimum absolute atomic E-state index is 0.105. The van der Waals surface area contributed by atoms with Crippen LogP contribution in [0.4, 0.5) is 14.9 Å². The molecule has 0 radical (unpaired) electrons. The number of amides is 3. The first-order valence-corrected chi connectivity index (χ1v) is 13.2. The maximum Gasteiger partial charge on any atom is 0.326 e. The Labute approximate surface area is 231 Å². The molecular formula is C28H21Cl2FN2O4S. The van der Waals surface area contributed by atoms with E-state index >= 15 is 0 Å². The molecule has 10 heteroatoms. The summed E-state index contributed by atoms with van der Waals surface area (Å²) in [7, 11) is -1.37. The number of halogens is 3. The van der Waals surface area contributed by atoms with Gasteiger partial charge in [-0.05, 0) is 97.8 Å². The second-order valence-electron chi connectivity index (χ2n) is 8.24. The van der Waals surface area contributed by atoms with Crippen molar-refractivity contribution in [2.75, 3.05) is 5.32 Å². The molecule has 194 valence electrons. The first kappa shape index (κ1) is 27.3. The molecule has 3 amide bonds. The SMILES string of the molecule is Cc1cc(Oc2ccc(NC(=O)NC(=O)c3c(F)cccc3Cl)cc2)cc(C)c1S(=O)c1ccc(Cl)cc1. The molecule has 6 nitrogen and oxygen atoms in total. The lowest BCUT2D eigenvalue weighted by Crippen LogP contribution is -2.35. The summed E-state index contributed by atoms with van der Waals surface area (Å²) in [6.07, 6.45) is 0. The van der Waals surface area contributed by atoms with Crippen LogP contribution in [0.15, 0.2) is 88.7 Å². The van der Waals surface area contributed by atoms with Crippen molar-refractivity contribution < 1.29 is 22.9 Å². The van der Waals surface area contributed by atoms with Crippen LogP contribution in [0.3, 0.4) is 0 Å². The number of anilines is 1. The molecule has 0 aliphatic heterocycles. The maximum absolute atomic E-state index is 13.9. The summed E-state index contributed by atoms with van der Waals surface area (Å²) in [5.41, 5.74) is 1.58. The van der Waals surface area contributed by atoms with Crippen LogP contribution in [0.1, 0.15) is 21.5 Å². The third-order valence-corrected chi connectivity index (χ3v) is 7.69. The van der Waals surface area contributed by atoms with Gasteiger partial charge >= 0.3 is 6.03 Å². The molecule has 0 saturated carbocycles. The van der Waals surface area contributed by atoms with Gasteiger partial charge in [0.2, 0.25) is 0 Å². The average molecular weight is 571 g/mol. The van der Waals surface area contributed by atoms with Gasteiger partial charge in [-0.25, -0.2) is 13.4 Å². The van der Waals surface area contributed by atoms with Crippen molar-refractivity contribution in [2.24, 2.45) is 0 Å². The third kappa shape index (κ3) is 6.39. The van der Waals surface area contributed by atoms with E-state index < -0.39 is 34.1 Å². The number of aryl methyl sites for hydroxylation is 2. The van der Waals surface area contributed by atoms with Crippen molar-refractivity contribution in [3.8, 4) is 11.5 Å². The van der Waals surface area contributed by atoms with Crippen molar-refractivity contribution in [1.29, 1.82) is 0 Å². The van der Waals surface area contributed by atoms with E-state index in [0.717, 1.165) is 17.2 Å². The average Bonchev–Trinajstić information content (AvgIpc) is 2.85. The second kappa shape index (κ2) is 11.8. The molecule has 38 heavy (non-hydrogen) atoms. The molecule has 1 unspecified atom stereocenters. The normalized spacial score (nSPS) is 11.5. The summed E-state index contributed by atoms with van der Waals surface area (Å²) >= 11 is 11.8. The minimum atomic E-state index is -1.37. The van der Waals surface area contributed by atoms with Gasteiger partial charge in [-0.1, -0.05) is 29.3 Å². The van der Waals surface area contributed by atoms with Gasteiger partial charge in [-0.3, -0.25) is 10.1 Å². The van der Waals surface area contributed by atoms with E-state index in [1.165, 1.54) is 12.1 Å². The predicted octanol–water partition coefficient (Wildman–Crippen LogP) is 7.67. The van der Waals surface area contributed by atoms with Gasteiger partial charge in [-0.2, -0.15) is 0 Å². The molecule has 2 N–H and O–H groups in total. The first-order valence-electron chi connectivity index (χ1n) is 11.2. The van der Waals surface area contributed by atoms with Gasteiger partial charge in [0.15, 0.2) is 0 Å². The number of hydrogen-bond donors (Lipinski definition) is 2. The first-order chi connectivity index (χ1) is 18.1. The molecule has 0 bridgehead atoms. The fourth-order valence-corrected chi connectivity index (χ4v) is 5.42. The Hall–Kier alpha value is -3.72. The predicted molar refractivity (Wildman–Crippen MR) is 146 cm³/mol. The second-order valence-corrected chi connectivity index (χ2v) is 10.5. The summed E-state index contributed by atoms with van der Waals surface area (Å²) in [6.45, 7) is 3.73. The van der Waals surface area contributed by atoms with Crippen LogP contribution < -0.4 is 15.4 Å². The molecule has 0 fully saturated rings. The Bertz CT molecular complexity index is 1500. The fraction of sp³-hybridized carbons (Fsp3) is 0.0714.